The lowest BCUT2D eigenvalue weighted by molar-refractivity contribution is 0.0691. The summed E-state index contributed by atoms with van der Waals surface area (Å²) in [6, 6.07) is 3.42. The SMILES string of the molecule is Cc1cc(CS(=O)(=O)c2cc(Br)cc(C(=O)O)c2F)no1. The van der Waals surface area contributed by atoms with E-state index in [1.807, 2.05) is 0 Å². The van der Waals surface area contributed by atoms with Gasteiger partial charge in [-0.25, -0.2) is 17.6 Å². The fraction of sp³-hybridized carbons (Fsp3) is 0.167. The lowest BCUT2D eigenvalue weighted by Crippen LogP contribution is -2.11. The third-order valence-electron chi connectivity index (χ3n) is 2.58. The number of rotatable bonds is 4. The summed E-state index contributed by atoms with van der Waals surface area (Å²) >= 11 is 2.97. The van der Waals surface area contributed by atoms with Gasteiger partial charge in [0.25, 0.3) is 0 Å². The molecule has 0 bridgehead atoms. The van der Waals surface area contributed by atoms with Gasteiger partial charge in [0.1, 0.15) is 16.4 Å². The zero-order valence-corrected chi connectivity index (χ0v) is 13.0. The van der Waals surface area contributed by atoms with Gasteiger partial charge >= 0.3 is 5.97 Å². The molecule has 21 heavy (non-hydrogen) atoms. The van der Waals surface area contributed by atoms with Crippen molar-refractivity contribution in [2.24, 2.45) is 0 Å². The molecule has 0 spiro atoms. The number of sulfone groups is 1. The highest BCUT2D eigenvalue weighted by Crippen LogP contribution is 2.26. The van der Waals surface area contributed by atoms with E-state index in [-0.39, 0.29) is 10.2 Å². The Morgan fingerprint density at radius 3 is 2.62 bits per heavy atom. The number of carboxylic acids is 1. The van der Waals surface area contributed by atoms with E-state index < -0.39 is 37.8 Å². The fourth-order valence-electron chi connectivity index (χ4n) is 1.70. The molecule has 0 amide bonds. The molecule has 1 aromatic carbocycles. The van der Waals surface area contributed by atoms with Crippen molar-refractivity contribution >= 4 is 31.7 Å². The molecule has 1 heterocycles. The van der Waals surface area contributed by atoms with Gasteiger partial charge in [-0.2, -0.15) is 0 Å². The van der Waals surface area contributed by atoms with E-state index in [9.17, 15) is 17.6 Å². The van der Waals surface area contributed by atoms with E-state index in [0.717, 1.165) is 12.1 Å². The molecule has 0 radical (unpaired) electrons. The Bertz CT molecular complexity index is 815. The maximum Gasteiger partial charge on any atom is 0.338 e. The summed E-state index contributed by atoms with van der Waals surface area (Å²) in [5.41, 5.74) is -0.608. The van der Waals surface area contributed by atoms with Crippen LogP contribution in [0, 0.1) is 12.7 Å². The van der Waals surface area contributed by atoms with Gasteiger partial charge in [-0.05, 0) is 19.1 Å². The summed E-state index contributed by atoms with van der Waals surface area (Å²) in [5, 5.41) is 12.4. The zero-order valence-electron chi connectivity index (χ0n) is 10.6. The monoisotopic (exact) mass is 377 g/mol. The molecule has 0 aliphatic heterocycles. The third-order valence-corrected chi connectivity index (χ3v) is 4.68. The van der Waals surface area contributed by atoms with Gasteiger partial charge in [0.15, 0.2) is 15.7 Å². The minimum Gasteiger partial charge on any atom is -0.478 e. The molecule has 0 unspecified atom stereocenters. The average molecular weight is 378 g/mol. The highest BCUT2D eigenvalue weighted by Gasteiger charge is 2.26. The van der Waals surface area contributed by atoms with E-state index in [1.165, 1.54) is 6.07 Å². The summed E-state index contributed by atoms with van der Waals surface area (Å²) in [6.45, 7) is 1.59. The molecule has 112 valence electrons. The van der Waals surface area contributed by atoms with Crippen molar-refractivity contribution in [1.82, 2.24) is 5.16 Å². The van der Waals surface area contributed by atoms with Crippen molar-refractivity contribution in [1.29, 1.82) is 0 Å². The second kappa shape index (κ2) is 5.57. The van der Waals surface area contributed by atoms with Crippen LogP contribution in [0.3, 0.4) is 0 Å². The largest absolute Gasteiger partial charge is 0.478 e. The van der Waals surface area contributed by atoms with Gasteiger partial charge in [-0.1, -0.05) is 21.1 Å². The van der Waals surface area contributed by atoms with Crippen LogP contribution in [-0.2, 0) is 15.6 Å². The van der Waals surface area contributed by atoms with Crippen LogP contribution in [0.4, 0.5) is 4.39 Å². The summed E-state index contributed by atoms with van der Waals surface area (Å²) in [7, 11) is -4.10. The van der Waals surface area contributed by atoms with Crippen LogP contribution in [0.25, 0.3) is 0 Å². The second-order valence-electron chi connectivity index (χ2n) is 4.26. The van der Waals surface area contributed by atoms with Gasteiger partial charge in [0, 0.05) is 10.5 Å². The van der Waals surface area contributed by atoms with Crippen molar-refractivity contribution in [2.75, 3.05) is 0 Å². The Morgan fingerprint density at radius 1 is 1.43 bits per heavy atom. The number of hydrogen-bond acceptors (Lipinski definition) is 5. The average Bonchev–Trinajstić information content (AvgIpc) is 2.76. The first kappa shape index (κ1) is 15.6. The first-order chi connectivity index (χ1) is 9.70. The molecule has 2 rings (SSSR count). The van der Waals surface area contributed by atoms with Gasteiger partial charge in [0.2, 0.25) is 0 Å². The summed E-state index contributed by atoms with van der Waals surface area (Å²) in [4.78, 5) is 10.2. The molecular formula is C12H9BrFNO5S. The Morgan fingerprint density at radius 2 is 2.10 bits per heavy atom. The summed E-state index contributed by atoms with van der Waals surface area (Å²) < 4.78 is 43.4. The van der Waals surface area contributed by atoms with Gasteiger partial charge < -0.3 is 9.63 Å². The maximum atomic E-state index is 14.1. The lowest BCUT2D eigenvalue weighted by Gasteiger charge is -2.07. The zero-order chi connectivity index (χ0) is 15.8. The highest BCUT2D eigenvalue weighted by molar-refractivity contribution is 9.10. The third kappa shape index (κ3) is 3.30. The van der Waals surface area contributed by atoms with Crippen molar-refractivity contribution < 1.29 is 27.2 Å². The molecule has 1 N–H and O–H groups in total. The number of carbonyl (C=O) groups is 1. The molecule has 9 heteroatoms. The van der Waals surface area contributed by atoms with Crippen molar-refractivity contribution in [3.8, 4) is 0 Å². The van der Waals surface area contributed by atoms with E-state index in [2.05, 4.69) is 21.1 Å². The van der Waals surface area contributed by atoms with Crippen LogP contribution in [0.5, 0.6) is 0 Å². The molecule has 0 aliphatic carbocycles. The highest BCUT2D eigenvalue weighted by atomic mass is 79.9. The van der Waals surface area contributed by atoms with Crippen molar-refractivity contribution in [3.63, 3.8) is 0 Å². The molecule has 0 saturated heterocycles. The van der Waals surface area contributed by atoms with Crippen LogP contribution in [0.1, 0.15) is 21.8 Å². The molecule has 2 aromatic rings. The summed E-state index contributed by atoms with van der Waals surface area (Å²) in [5.74, 6) is -3.02. The van der Waals surface area contributed by atoms with E-state index in [4.69, 9.17) is 9.63 Å². The number of nitrogens with zero attached hydrogens (tertiary/aromatic N) is 1. The number of aryl methyl sites for hydroxylation is 1. The molecule has 1 aromatic heterocycles. The lowest BCUT2D eigenvalue weighted by atomic mass is 10.2. The molecule has 6 nitrogen and oxygen atoms in total. The smallest absolute Gasteiger partial charge is 0.338 e. The standard InChI is InChI=1S/C12H9BrFNO5S/c1-6-2-8(15-20-6)5-21(18,19)10-4-7(13)3-9(11(10)14)12(16)17/h2-4H,5H2,1H3,(H,16,17). The van der Waals surface area contributed by atoms with Crippen LogP contribution in [0.15, 0.2) is 32.1 Å². The quantitative estimate of drug-likeness (QED) is 0.878. The molecule has 0 aliphatic rings. The van der Waals surface area contributed by atoms with Gasteiger partial charge in [0.05, 0.1) is 11.3 Å². The maximum absolute atomic E-state index is 14.1. The topological polar surface area (TPSA) is 97.5 Å². The Balaban J connectivity index is 2.52. The number of aromatic carboxylic acids is 1. The minimum absolute atomic E-state index is 0.115. The second-order valence-corrected chi connectivity index (χ2v) is 7.13. The number of halogens is 2. The predicted octanol–water partition coefficient (Wildman–Crippen LogP) is 2.56. The first-order valence-corrected chi connectivity index (χ1v) is 8.02. The Hall–Kier alpha value is -1.74. The molecular weight excluding hydrogens is 369 g/mol. The van der Waals surface area contributed by atoms with Gasteiger partial charge in [-0.15, -0.1) is 0 Å². The van der Waals surface area contributed by atoms with E-state index in [1.54, 1.807) is 6.92 Å². The Kier molecular flexibility index (Phi) is 4.15. The van der Waals surface area contributed by atoms with Gasteiger partial charge in [-0.3, -0.25) is 0 Å². The fourth-order valence-corrected chi connectivity index (χ4v) is 3.68. The van der Waals surface area contributed by atoms with Crippen LogP contribution in [0.2, 0.25) is 0 Å². The van der Waals surface area contributed by atoms with E-state index >= 15 is 0 Å². The van der Waals surface area contributed by atoms with Crippen molar-refractivity contribution in [2.45, 2.75) is 17.6 Å². The minimum atomic E-state index is -4.10. The molecule has 0 saturated carbocycles. The Labute approximate surface area is 127 Å². The number of carboxylic acid groups (broad SMARTS) is 1. The molecule has 0 atom stereocenters. The van der Waals surface area contributed by atoms with Crippen LogP contribution < -0.4 is 0 Å². The number of hydrogen-bond donors (Lipinski definition) is 1. The van der Waals surface area contributed by atoms with E-state index in [0.29, 0.717) is 5.76 Å². The van der Waals surface area contributed by atoms with Crippen molar-refractivity contribution in [3.05, 3.63) is 45.5 Å². The van der Waals surface area contributed by atoms with Crippen LogP contribution >= 0.6 is 15.9 Å². The predicted molar refractivity (Wildman–Crippen MR) is 73.2 cm³/mol. The van der Waals surface area contributed by atoms with Crippen LogP contribution in [-0.4, -0.2) is 24.7 Å². The normalized spacial score (nSPS) is 11.6. The number of benzene rings is 1. The number of aromatic nitrogens is 1. The summed E-state index contributed by atoms with van der Waals surface area (Å²) in [6.07, 6.45) is 0. The molecule has 0 fully saturated rings. The first-order valence-electron chi connectivity index (χ1n) is 5.58.